The van der Waals surface area contributed by atoms with Crippen LogP contribution in [0.4, 0.5) is 0 Å². The minimum absolute atomic E-state index is 0.0124. The van der Waals surface area contributed by atoms with E-state index in [1.54, 1.807) is 7.11 Å². The van der Waals surface area contributed by atoms with E-state index in [9.17, 15) is 5.11 Å². The Morgan fingerprint density at radius 3 is 2.75 bits per heavy atom. The van der Waals surface area contributed by atoms with Gasteiger partial charge in [-0.25, -0.2) is 0 Å². The van der Waals surface area contributed by atoms with Gasteiger partial charge in [0.25, 0.3) is 0 Å². The zero-order valence-corrected chi connectivity index (χ0v) is 7.49. The molecule has 12 heavy (non-hydrogen) atoms. The summed E-state index contributed by atoms with van der Waals surface area (Å²) in [7, 11) is 1.65. The van der Waals surface area contributed by atoms with Crippen LogP contribution in [0, 0.1) is 18.3 Å². The summed E-state index contributed by atoms with van der Waals surface area (Å²) >= 11 is 0. The second-order valence-corrected chi connectivity index (χ2v) is 3.35. The van der Waals surface area contributed by atoms with Crippen LogP contribution in [-0.4, -0.2) is 24.4 Å². The molecule has 68 valence electrons. The van der Waals surface area contributed by atoms with Crippen LogP contribution < -0.4 is 0 Å². The second kappa shape index (κ2) is 4.49. The lowest BCUT2D eigenvalue weighted by Crippen LogP contribution is -2.29. The third kappa shape index (κ3) is 2.51. The van der Waals surface area contributed by atoms with Crippen molar-refractivity contribution in [2.75, 3.05) is 7.11 Å². The first-order valence-corrected chi connectivity index (χ1v) is 4.44. The predicted octanol–water partition coefficient (Wildman–Crippen LogP) is 1.19. The van der Waals surface area contributed by atoms with Gasteiger partial charge in [0.05, 0.1) is 12.2 Å². The van der Waals surface area contributed by atoms with Gasteiger partial charge < -0.3 is 9.84 Å². The van der Waals surface area contributed by atoms with Crippen LogP contribution in [0.15, 0.2) is 0 Å². The molecule has 0 amide bonds. The molecular formula is C10H16O2. The van der Waals surface area contributed by atoms with Crippen molar-refractivity contribution in [1.82, 2.24) is 0 Å². The highest BCUT2D eigenvalue weighted by molar-refractivity contribution is 4.90. The minimum Gasteiger partial charge on any atom is -0.390 e. The maximum atomic E-state index is 9.63. The van der Waals surface area contributed by atoms with E-state index < -0.39 is 0 Å². The van der Waals surface area contributed by atoms with Crippen molar-refractivity contribution >= 4 is 0 Å². The fourth-order valence-electron chi connectivity index (χ4n) is 1.48. The van der Waals surface area contributed by atoms with E-state index in [0.29, 0.717) is 18.8 Å². The van der Waals surface area contributed by atoms with E-state index in [1.807, 2.05) is 0 Å². The van der Waals surface area contributed by atoms with E-state index in [0.717, 1.165) is 0 Å². The molecule has 2 nitrogen and oxygen atoms in total. The van der Waals surface area contributed by atoms with Gasteiger partial charge in [-0.1, -0.05) is 0 Å². The highest BCUT2D eigenvalue weighted by atomic mass is 16.5. The molecule has 1 rings (SSSR count). The molecule has 0 heterocycles. The van der Waals surface area contributed by atoms with Gasteiger partial charge in [0, 0.05) is 13.5 Å². The number of hydrogen-bond donors (Lipinski definition) is 1. The van der Waals surface area contributed by atoms with Crippen LogP contribution in [-0.2, 0) is 4.74 Å². The zero-order valence-electron chi connectivity index (χ0n) is 7.49. The van der Waals surface area contributed by atoms with Crippen LogP contribution in [0.2, 0.25) is 0 Å². The smallest absolute Gasteiger partial charge is 0.0858 e. The largest absolute Gasteiger partial charge is 0.390 e. The highest BCUT2D eigenvalue weighted by Crippen LogP contribution is 2.36. The summed E-state index contributed by atoms with van der Waals surface area (Å²) in [5, 5.41) is 9.63. The molecule has 0 spiro atoms. The van der Waals surface area contributed by atoms with E-state index in [-0.39, 0.29) is 12.2 Å². The summed E-state index contributed by atoms with van der Waals surface area (Å²) in [6, 6.07) is 0. The first-order valence-electron chi connectivity index (χ1n) is 4.44. The molecule has 1 N–H and O–H groups in total. The molecule has 0 aromatic carbocycles. The number of hydrogen-bond acceptors (Lipinski definition) is 2. The van der Waals surface area contributed by atoms with Crippen molar-refractivity contribution in [2.45, 2.75) is 37.9 Å². The Balaban J connectivity index is 2.27. The maximum Gasteiger partial charge on any atom is 0.0858 e. The molecule has 2 atom stereocenters. The molecule has 0 aromatic rings. The average molecular weight is 168 g/mol. The summed E-state index contributed by atoms with van der Waals surface area (Å²) in [6.45, 7) is 0. The van der Waals surface area contributed by atoms with E-state index in [4.69, 9.17) is 11.2 Å². The normalized spacial score (nSPS) is 21.4. The lowest BCUT2D eigenvalue weighted by Gasteiger charge is -2.20. The molecule has 1 fully saturated rings. The van der Waals surface area contributed by atoms with Crippen molar-refractivity contribution in [2.24, 2.45) is 5.92 Å². The van der Waals surface area contributed by atoms with E-state index in [2.05, 4.69) is 5.92 Å². The van der Waals surface area contributed by atoms with Crippen LogP contribution in [0.25, 0.3) is 0 Å². The summed E-state index contributed by atoms with van der Waals surface area (Å²) in [5.41, 5.74) is 0. The van der Waals surface area contributed by atoms with Crippen molar-refractivity contribution < 1.29 is 9.84 Å². The third-order valence-corrected chi connectivity index (χ3v) is 2.32. The minimum atomic E-state index is -0.376. The van der Waals surface area contributed by atoms with Crippen molar-refractivity contribution in [1.29, 1.82) is 0 Å². The lowest BCUT2D eigenvalue weighted by molar-refractivity contribution is -0.0271. The number of ether oxygens (including phenoxy) is 1. The Kier molecular flexibility index (Phi) is 3.58. The van der Waals surface area contributed by atoms with Gasteiger partial charge in [-0.2, -0.15) is 0 Å². The fraction of sp³-hybridized carbons (Fsp3) is 0.800. The van der Waals surface area contributed by atoms with Crippen LogP contribution in [0.1, 0.15) is 25.7 Å². The second-order valence-electron chi connectivity index (χ2n) is 3.35. The quantitative estimate of drug-likeness (QED) is 0.625. The van der Waals surface area contributed by atoms with Crippen molar-refractivity contribution in [3.8, 4) is 12.3 Å². The molecule has 0 radical (unpaired) electrons. The van der Waals surface area contributed by atoms with Crippen molar-refractivity contribution in [3.63, 3.8) is 0 Å². The van der Waals surface area contributed by atoms with Crippen LogP contribution in [0.5, 0.6) is 0 Å². The van der Waals surface area contributed by atoms with Crippen LogP contribution >= 0.6 is 0 Å². The third-order valence-electron chi connectivity index (χ3n) is 2.32. The lowest BCUT2D eigenvalue weighted by atomic mass is 10.0. The van der Waals surface area contributed by atoms with Gasteiger partial charge in [-0.05, 0) is 25.2 Å². The Morgan fingerprint density at radius 1 is 1.67 bits per heavy atom. The zero-order chi connectivity index (χ0) is 8.97. The van der Waals surface area contributed by atoms with Crippen molar-refractivity contribution in [3.05, 3.63) is 0 Å². The Bertz CT molecular complexity index is 167. The monoisotopic (exact) mass is 168 g/mol. The maximum absolute atomic E-state index is 9.63. The van der Waals surface area contributed by atoms with Gasteiger partial charge >= 0.3 is 0 Å². The van der Waals surface area contributed by atoms with Gasteiger partial charge in [-0.3, -0.25) is 0 Å². The fourth-order valence-corrected chi connectivity index (χ4v) is 1.48. The predicted molar refractivity (Wildman–Crippen MR) is 47.6 cm³/mol. The Morgan fingerprint density at radius 2 is 2.33 bits per heavy atom. The molecule has 1 aliphatic rings. The number of aliphatic hydroxyl groups is 1. The number of terminal acetylenes is 1. The topological polar surface area (TPSA) is 29.5 Å². The van der Waals surface area contributed by atoms with Gasteiger partial charge in [0.15, 0.2) is 0 Å². The summed E-state index contributed by atoms with van der Waals surface area (Å²) in [6.07, 6.45) is 8.41. The Labute approximate surface area is 73.9 Å². The SMILES string of the molecule is C#CCCC(O)C(OC)C1CC1. The van der Waals surface area contributed by atoms with Gasteiger partial charge in [0.1, 0.15) is 0 Å². The summed E-state index contributed by atoms with van der Waals surface area (Å²) in [4.78, 5) is 0. The molecule has 0 aromatic heterocycles. The van der Waals surface area contributed by atoms with Gasteiger partial charge in [-0.15, -0.1) is 12.3 Å². The molecule has 2 heteroatoms. The van der Waals surface area contributed by atoms with E-state index in [1.165, 1.54) is 12.8 Å². The molecule has 0 saturated heterocycles. The average Bonchev–Trinajstić information content (AvgIpc) is 2.86. The summed E-state index contributed by atoms with van der Waals surface area (Å²) < 4.78 is 5.21. The number of methoxy groups -OCH3 is 1. The van der Waals surface area contributed by atoms with E-state index >= 15 is 0 Å². The summed E-state index contributed by atoms with van der Waals surface area (Å²) in [5.74, 6) is 3.09. The number of rotatable bonds is 5. The van der Waals surface area contributed by atoms with Crippen LogP contribution in [0.3, 0.4) is 0 Å². The number of aliphatic hydroxyl groups excluding tert-OH is 1. The molecule has 1 aliphatic carbocycles. The Hall–Kier alpha value is -0.520. The molecule has 2 unspecified atom stereocenters. The highest BCUT2D eigenvalue weighted by Gasteiger charge is 2.35. The van der Waals surface area contributed by atoms with Gasteiger partial charge in [0.2, 0.25) is 0 Å². The first-order chi connectivity index (χ1) is 5.79. The molecule has 0 aliphatic heterocycles. The standard InChI is InChI=1S/C10H16O2/c1-3-4-5-9(11)10(12-2)8-6-7-8/h1,8-11H,4-7H2,2H3. The molecule has 0 bridgehead atoms. The molecular weight excluding hydrogens is 152 g/mol. The first kappa shape index (κ1) is 9.57. The molecule has 1 saturated carbocycles.